The van der Waals surface area contributed by atoms with E-state index in [1.54, 1.807) is 6.92 Å². The Balaban J connectivity index is 1.72. The summed E-state index contributed by atoms with van der Waals surface area (Å²) in [5.41, 5.74) is 0.504. The number of rotatable bonds is 8. The lowest BCUT2D eigenvalue weighted by Gasteiger charge is -2.49. The van der Waals surface area contributed by atoms with Crippen LogP contribution in [0.5, 0.6) is 0 Å². The predicted octanol–water partition coefficient (Wildman–Crippen LogP) is -0.345. The third-order valence-electron chi connectivity index (χ3n) is 4.76. The molecule has 2 N–H and O–H groups in total. The van der Waals surface area contributed by atoms with Crippen molar-refractivity contribution in [3.63, 3.8) is 0 Å². The molecule has 0 saturated carbocycles. The minimum absolute atomic E-state index is 0.197. The summed E-state index contributed by atoms with van der Waals surface area (Å²) in [7, 11) is 0. The van der Waals surface area contributed by atoms with E-state index < -0.39 is 52.6 Å². The number of carboxylic acid groups (broad SMARTS) is 1. The van der Waals surface area contributed by atoms with E-state index in [0.717, 1.165) is 9.47 Å². The quantitative estimate of drug-likeness (QED) is 0.229. The topological polar surface area (TPSA) is 174 Å². The van der Waals surface area contributed by atoms with E-state index in [9.17, 15) is 34.4 Å². The van der Waals surface area contributed by atoms with Crippen LogP contribution in [0.15, 0.2) is 17.5 Å². The van der Waals surface area contributed by atoms with Crippen molar-refractivity contribution in [2.24, 2.45) is 0 Å². The highest BCUT2D eigenvalue weighted by Gasteiger charge is 2.54. The average Bonchev–Trinajstić information content (AvgIpc) is 3.12. The fourth-order valence-electron chi connectivity index (χ4n) is 3.35. The second-order valence-electron chi connectivity index (χ2n) is 6.74. The third kappa shape index (κ3) is 4.23. The van der Waals surface area contributed by atoms with Crippen LogP contribution < -0.4 is 5.32 Å². The molecular weight excluding hydrogens is 434 g/mol. The molecule has 13 nitrogen and oxygen atoms in total. The zero-order chi connectivity index (χ0) is 22.9. The van der Waals surface area contributed by atoms with Crippen LogP contribution >= 0.6 is 11.8 Å². The fourth-order valence-corrected chi connectivity index (χ4v) is 4.67. The molecule has 0 aromatic carbocycles. The minimum Gasteiger partial charge on any atom is -0.477 e. The maximum absolute atomic E-state index is 12.6. The number of nitro groups is 1. The molecule has 1 aromatic rings. The Morgan fingerprint density at radius 3 is 2.74 bits per heavy atom. The lowest BCUT2D eigenvalue weighted by molar-refractivity contribution is -0.396. The van der Waals surface area contributed by atoms with Crippen molar-refractivity contribution in [1.82, 2.24) is 19.8 Å². The first kappa shape index (κ1) is 22.3. The summed E-state index contributed by atoms with van der Waals surface area (Å²) >= 11 is 1.22. The molecule has 1 saturated heterocycles. The van der Waals surface area contributed by atoms with Crippen LogP contribution in [-0.4, -0.2) is 72.0 Å². The third-order valence-corrected chi connectivity index (χ3v) is 6.10. The first-order valence-corrected chi connectivity index (χ1v) is 10.2. The minimum atomic E-state index is -1.34. The summed E-state index contributed by atoms with van der Waals surface area (Å²) < 4.78 is 6.02. The Bertz CT molecular complexity index is 1000. The standard InChI is InChI=1S/C17H19N5O8S/c1-3-10-4-18-17(22(28)29)20(10)5-11(24)19-12-14(25)21-13(16(26)27)9(6-30-8(2)23)7-31-15(12)21/h4,12,15H,3,5-7H2,1-2H3,(H,19,24)(H,26,27)/t12-,15+/m0/s1. The molecule has 0 aliphatic carbocycles. The van der Waals surface area contributed by atoms with Crippen LogP contribution in [0.25, 0.3) is 0 Å². The van der Waals surface area contributed by atoms with E-state index in [1.807, 2.05) is 0 Å². The number of esters is 1. The molecule has 31 heavy (non-hydrogen) atoms. The number of carboxylic acids is 1. The van der Waals surface area contributed by atoms with Gasteiger partial charge < -0.3 is 25.3 Å². The number of thioether (sulfide) groups is 1. The molecule has 2 aliphatic heterocycles. The van der Waals surface area contributed by atoms with Crippen molar-refractivity contribution < 1.29 is 33.9 Å². The number of β-lactam (4-membered cyclic amide) rings is 1. The number of aryl methyl sites for hydroxylation is 1. The Labute approximate surface area is 179 Å². The first-order valence-electron chi connectivity index (χ1n) is 9.17. The van der Waals surface area contributed by atoms with E-state index in [4.69, 9.17) is 4.74 Å². The number of carbonyl (C=O) groups is 4. The Morgan fingerprint density at radius 1 is 1.45 bits per heavy atom. The molecule has 0 radical (unpaired) electrons. The zero-order valence-electron chi connectivity index (χ0n) is 16.6. The number of amides is 2. The predicted molar refractivity (Wildman–Crippen MR) is 105 cm³/mol. The van der Waals surface area contributed by atoms with Crippen LogP contribution in [0.3, 0.4) is 0 Å². The molecular formula is C17H19N5O8S. The van der Waals surface area contributed by atoms with E-state index >= 15 is 0 Å². The van der Waals surface area contributed by atoms with Crippen LogP contribution in [0.4, 0.5) is 5.95 Å². The molecule has 1 aromatic heterocycles. The van der Waals surface area contributed by atoms with Gasteiger partial charge in [-0.2, -0.15) is 0 Å². The highest BCUT2D eigenvalue weighted by Crippen LogP contribution is 2.40. The van der Waals surface area contributed by atoms with Crippen molar-refractivity contribution in [2.75, 3.05) is 12.4 Å². The van der Waals surface area contributed by atoms with Gasteiger partial charge in [0.1, 0.15) is 35.6 Å². The second-order valence-corrected chi connectivity index (χ2v) is 7.84. The van der Waals surface area contributed by atoms with Crippen molar-refractivity contribution in [2.45, 2.75) is 38.2 Å². The molecule has 0 unspecified atom stereocenters. The number of fused-ring (bicyclic) bond motifs is 1. The molecule has 3 heterocycles. The van der Waals surface area contributed by atoms with Gasteiger partial charge in [-0.05, 0) is 4.92 Å². The summed E-state index contributed by atoms with van der Waals surface area (Å²) in [5.74, 6) is -3.47. The Hall–Kier alpha value is -3.42. The number of aromatic nitrogens is 2. The zero-order valence-corrected chi connectivity index (χ0v) is 17.4. The average molecular weight is 453 g/mol. The molecule has 2 aliphatic rings. The fraction of sp³-hybridized carbons (Fsp3) is 0.471. The monoisotopic (exact) mass is 453 g/mol. The number of nitrogens with one attached hydrogen (secondary N) is 1. The van der Waals surface area contributed by atoms with Gasteiger partial charge in [0.05, 0.1) is 0 Å². The normalized spacial score (nSPS) is 20.1. The molecule has 0 spiro atoms. The van der Waals surface area contributed by atoms with Gasteiger partial charge in [-0.25, -0.2) is 9.36 Å². The van der Waals surface area contributed by atoms with E-state index in [2.05, 4.69) is 10.3 Å². The number of hydrogen-bond acceptors (Lipinski definition) is 9. The molecule has 3 rings (SSSR count). The van der Waals surface area contributed by atoms with Crippen LogP contribution in [0.2, 0.25) is 0 Å². The molecule has 1 fully saturated rings. The highest BCUT2D eigenvalue weighted by atomic mass is 32.2. The summed E-state index contributed by atoms with van der Waals surface area (Å²) in [5, 5.41) is 22.5. The van der Waals surface area contributed by atoms with Crippen molar-refractivity contribution in [3.8, 4) is 0 Å². The molecule has 14 heteroatoms. The number of carbonyl (C=O) groups excluding carboxylic acids is 3. The van der Waals surface area contributed by atoms with Crippen LogP contribution in [0.1, 0.15) is 19.5 Å². The number of imidazole rings is 1. The van der Waals surface area contributed by atoms with Gasteiger partial charge in [0.15, 0.2) is 6.54 Å². The summed E-state index contributed by atoms with van der Waals surface area (Å²) in [6.07, 6.45) is 1.73. The van der Waals surface area contributed by atoms with E-state index in [0.29, 0.717) is 12.1 Å². The van der Waals surface area contributed by atoms with Gasteiger partial charge in [-0.1, -0.05) is 11.9 Å². The number of nitrogens with zero attached hydrogens (tertiary/aromatic N) is 4. The maximum Gasteiger partial charge on any atom is 0.435 e. The van der Waals surface area contributed by atoms with E-state index in [-0.39, 0.29) is 23.6 Å². The number of ether oxygens (including phenoxy) is 1. The smallest absolute Gasteiger partial charge is 0.435 e. The summed E-state index contributed by atoms with van der Waals surface area (Å²) in [4.78, 5) is 63.0. The number of aliphatic carboxylic acids is 1. The number of hydrogen-bond donors (Lipinski definition) is 2. The largest absolute Gasteiger partial charge is 0.477 e. The highest BCUT2D eigenvalue weighted by molar-refractivity contribution is 8.00. The summed E-state index contributed by atoms with van der Waals surface area (Å²) in [6.45, 7) is 2.30. The molecule has 2 atom stereocenters. The SMILES string of the molecule is CCc1cnc([N+](=O)[O-])n1CC(=O)N[C@H]1C(=O)N2C(C(=O)O)=C(COC(C)=O)CS[C@H]12. The lowest BCUT2D eigenvalue weighted by atomic mass is 10.0. The van der Waals surface area contributed by atoms with Gasteiger partial charge in [-0.15, -0.1) is 11.8 Å². The van der Waals surface area contributed by atoms with Crippen LogP contribution in [-0.2, 0) is 36.9 Å². The Morgan fingerprint density at radius 2 is 2.16 bits per heavy atom. The van der Waals surface area contributed by atoms with Gasteiger partial charge in [0, 0.05) is 24.7 Å². The van der Waals surface area contributed by atoms with Gasteiger partial charge in [0.2, 0.25) is 0 Å². The maximum atomic E-state index is 12.6. The van der Waals surface area contributed by atoms with Gasteiger partial charge >= 0.3 is 17.9 Å². The molecule has 0 bridgehead atoms. The Kier molecular flexibility index (Phi) is 6.29. The molecule has 2 amide bonds. The van der Waals surface area contributed by atoms with Crippen molar-refractivity contribution >= 4 is 41.5 Å². The first-order chi connectivity index (χ1) is 14.6. The van der Waals surface area contributed by atoms with Crippen molar-refractivity contribution in [1.29, 1.82) is 0 Å². The second kappa shape index (κ2) is 8.75. The van der Waals surface area contributed by atoms with Crippen LogP contribution in [0, 0.1) is 10.1 Å². The molecule has 166 valence electrons. The van der Waals surface area contributed by atoms with Gasteiger partial charge in [-0.3, -0.25) is 19.3 Å². The van der Waals surface area contributed by atoms with Crippen molar-refractivity contribution in [3.05, 3.63) is 33.3 Å². The summed E-state index contributed by atoms with van der Waals surface area (Å²) in [6, 6.07) is -0.977. The van der Waals surface area contributed by atoms with E-state index in [1.165, 1.54) is 24.9 Å². The van der Waals surface area contributed by atoms with Gasteiger partial charge in [0.25, 0.3) is 11.8 Å². The lowest BCUT2D eigenvalue weighted by Crippen LogP contribution is -2.70.